The molecule has 7 nitrogen and oxygen atoms in total. The first-order chi connectivity index (χ1) is 12.1. The van der Waals surface area contributed by atoms with Crippen molar-refractivity contribution in [1.29, 1.82) is 0 Å². The summed E-state index contributed by atoms with van der Waals surface area (Å²) in [5.74, 6) is 1.59. The van der Waals surface area contributed by atoms with Gasteiger partial charge in [-0.05, 0) is 49.9 Å². The molecule has 1 aliphatic heterocycles. The molecular weight excluding hydrogens is 318 g/mol. The molecule has 0 saturated carbocycles. The van der Waals surface area contributed by atoms with E-state index >= 15 is 0 Å². The van der Waals surface area contributed by atoms with Crippen molar-refractivity contribution < 1.29 is 9.21 Å². The van der Waals surface area contributed by atoms with E-state index in [0.717, 1.165) is 25.4 Å². The van der Waals surface area contributed by atoms with Gasteiger partial charge in [0.15, 0.2) is 5.69 Å². The largest absolute Gasteiger partial charge is 0.467 e. The van der Waals surface area contributed by atoms with Gasteiger partial charge in [0, 0.05) is 13.1 Å². The topological polar surface area (TPSA) is 76.2 Å². The second kappa shape index (κ2) is 8.29. The maximum Gasteiger partial charge on any atom is 0.276 e. The van der Waals surface area contributed by atoms with Crippen LogP contribution in [-0.2, 0) is 13.1 Å². The molecule has 7 heteroatoms. The van der Waals surface area contributed by atoms with Crippen molar-refractivity contribution in [1.82, 2.24) is 25.2 Å². The van der Waals surface area contributed by atoms with Gasteiger partial charge in [-0.1, -0.05) is 19.1 Å². The van der Waals surface area contributed by atoms with Gasteiger partial charge in [0.2, 0.25) is 0 Å². The van der Waals surface area contributed by atoms with Crippen molar-refractivity contribution in [3.05, 3.63) is 36.0 Å². The minimum absolute atomic E-state index is 0.0990. The van der Waals surface area contributed by atoms with Crippen molar-refractivity contribution in [2.75, 3.05) is 19.6 Å². The van der Waals surface area contributed by atoms with Crippen LogP contribution in [0, 0.1) is 11.8 Å². The van der Waals surface area contributed by atoms with E-state index in [0.29, 0.717) is 30.6 Å². The van der Waals surface area contributed by atoms with Crippen LogP contribution in [0.5, 0.6) is 0 Å². The summed E-state index contributed by atoms with van der Waals surface area (Å²) in [6.45, 7) is 8.18. The predicted molar refractivity (Wildman–Crippen MR) is 93.9 cm³/mol. The van der Waals surface area contributed by atoms with E-state index in [1.54, 1.807) is 22.0 Å². The van der Waals surface area contributed by atoms with E-state index in [1.165, 1.54) is 12.8 Å². The molecule has 25 heavy (non-hydrogen) atoms. The third-order valence-corrected chi connectivity index (χ3v) is 4.40. The van der Waals surface area contributed by atoms with E-state index in [2.05, 4.69) is 29.5 Å². The minimum atomic E-state index is -0.0990. The molecule has 3 rings (SSSR count). The highest BCUT2D eigenvalue weighted by Gasteiger charge is 2.22. The van der Waals surface area contributed by atoms with E-state index < -0.39 is 0 Å². The van der Waals surface area contributed by atoms with Crippen molar-refractivity contribution in [2.45, 2.75) is 39.8 Å². The zero-order chi connectivity index (χ0) is 17.6. The highest BCUT2D eigenvalue weighted by Crippen LogP contribution is 2.14. The van der Waals surface area contributed by atoms with Crippen LogP contribution in [0.1, 0.15) is 42.9 Å². The molecule has 0 spiro atoms. The SMILES string of the molecule is CC(C)CN(Cc1ccco1)C(=O)c1cn(C[C@@H]2CCCNC2)nn1. The molecule has 0 unspecified atom stereocenters. The van der Waals surface area contributed by atoms with Gasteiger partial charge >= 0.3 is 0 Å². The summed E-state index contributed by atoms with van der Waals surface area (Å²) in [4.78, 5) is 14.6. The average Bonchev–Trinajstić information content (AvgIpc) is 3.26. The smallest absolute Gasteiger partial charge is 0.276 e. The third-order valence-electron chi connectivity index (χ3n) is 4.40. The lowest BCUT2D eigenvalue weighted by molar-refractivity contribution is 0.0704. The van der Waals surface area contributed by atoms with Crippen molar-refractivity contribution in [2.24, 2.45) is 11.8 Å². The number of amides is 1. The predicted octanol–water partition coefficient (Wildman–Crippen LogP) is 2.17. The molecule has 136 valence electrons. The quantitative estimate of drug-likeness (QED) is 0.832. The van der Waals surface area contributed by atoms with Gasteiger partial charge in [0.1, 0.15) is 5.76 Å². The lowest BCUT2D eigenvalue weighted by Crippen LogP contribution is -2.34. The van der Waals surface area contributed by atoms with Crippen LogP contribution in [0.15, 0.2) is 29.0 Å². The van der Waals surface area contributed by atoms with Gasteiger partial charge in [-0.15, -0.1) is 5.10 Å². The molecule has 1 atom stereocenters. The molecule has 2 aromatic heterocycles. The third kappa shape index (κ3) is 4.92. The molecule has 0 bridgehead atoms. The highest BCUT2D eigenvalue weighted by atomic mass is 16.3. The van der Waals surface area contributed by atoms with Crippen LogP contribution in [-0.4, -0.2) is 45.4 Å². The molecule has 2 aromatic rings. The molecule has 1 N–H and O–H groups in total. The lowest BCUT2D eigenvalue weighted by atomic mass is 10.00. The summed E-state index contributed by atoms with van der Waals surface area (Å²) >= 11 is 0. The number of furan rings is 1. The molecule has 0 aliphatic carbocycles. The summed E-state index contributed by atoms with van der Waals surface area (Å²) in [5.41, 5.74) is 0.399. The lowest BCUT2D eigenvalue weighted by Gasteiger charge is -2.23. The number of aromatic nitrogens is 3. The zero-order valence-corrected chi connectivity index (χ0v) is 15.0. The van der Waals surface area contributed by atoms with Crippen LogP contribution < -0.4 is 5.32 Å². The Morgan fingerprint density at radius 3 is 3.08 bits per heavy atom. The summed E-state index contributed by atoms with van der Waals surface area (Å²) in [6, 6.07) is 3.72. The number of piperidine rings is 1. The maximum atomic E-state index is 12.9. The summed E-state index contributed by atoms with van der Waals surface area (Å²) in [6.07, 6.45) is 5.78. The average molecular weight is 345 g/mol. The second-order valence-electron chi connectivity index (χ2n) is 7.20. The van der Waals surface area contributed by atoms with Gasteiger partial charge in [-0.25, -0.2) is 0 Å². The summed E-state index contributed by atoms with van der Waals surface area (Å²) in [5, 5.41) is 11.7. The number of rotatable bonds is 7. The molecule has 1 amide bonds. The van der Waals surface area contributed by atoms with Gasteiger partial charge < -0.3 is 14.6 Å². The first-order valence-corrected chi connectivity index (χ1v) is 9.04. The molecule has 1 saturated heterocycles. The molecule has 1 fully saturated rings. The number of carbonyl (C=O) groups is 1. The van der Waals surface area contributed by atoms with Gasteiger partial charge in [-0.3, -0.25) is 9.48 Å². The van der Waals surface area contributed by atoms with E-state index in [9.17, 15) is 4.79 Å². The van der Waals surface area contributed by atoms with Crippen LogP contribution in [0.2, 0.25) is 0 Å². The Hall–Kier alpha value is -2.15. The summed E-state index contributed by atoms with van der Waals surface area (Å²) < 4.78 is 7.19. The first kappa shape index (κ1) is 17.7. The maximum absolute atomic E-state index is 12.9. The van der Waals surface area contributed by atoms with E-state index in [4.69, 9.17) is 4.42 Å². The minimum Gasteiger partial charge on any atom is -0.467 e. The summed E-state index contributed by atoms with van der Waals surface area (Å²) in [7, 11) is 0. The van der Waals surface area contributed by atoms with Gasteiger partial charge in [0.25, 0.3) is 5.91 Å². The van der Waals surface area contributed by atoms with Crippen LogP contribution in [0.25, 0.3) is 0 Å². The molecule has 0 radical (unpaired) electrons. The molecule has 0 aromatic carbocycles. The highest BCUT2D eigenvalue weighted by molar-refractivity contribution is 5.91. The van der Waals surface area contributed by atoms with E-state index in [1.807, 2.05) is 12.1 Å². The fourth-order valence-electron chi connectivity index (χ4n) is 3.24. The van der Waals surface area contributed by atoms with E-state index in [-0.39, 0.29) is 5.91 Å². The van der Waals surface area contributed by atoms with Crippen molar-refractivity contribution in [3.63, 3.8) is 0 Å². The first-order valence-electron chi connectivity index (χ1n) is 9.04. The standard InChI is InChI=1S/C18H27N5O2/c1-14(2)10-22(12-16-6-4-8-25-16)18(24)17-13-23(21-20-17)11-15-5-3-7-19-9-15/h4,6,8,13-15,19H,3,5,7,9-12H2,1-2H3/t15-/m1/s1. The monoisotopic (exact) mass is 345 g/mol. The molecular formula is C18H27N5O2. The van der Waals surface area contributed by atoms with Crippen LogP contribution in [0.4, 0.5) is 0 Å². The second-order valence-corrected chi connectivity index (χ2v) is 7.20. The number of hydrogen-bond acceptors (Lipinski definition) is 5. The Labute approximate surface area is 148 Å². The number of nitrogens with one attached hydrogen (secondary N) is 1. The molecule has 3 heterocycles. The Kier molecular flexibility index (Phi) is 5.86. The van der Waals surface area contributed by atoms with Crippen molar-refractivity contribution in [3.8, 4) is 0 Å². The Balaban J connectivity index is 1.66. The Morgan fingerprint density at radius 1 is 1.52 bits per heavy atom. The number of carbonyl (C=O) groups excluding carboxylic acids is 1. The Bertz CT molecular complexity index is 659. The number of hydrogen-bond donors (Lipinski definition) is 1. The van der Waals surface area contributed by atoms with Gasteiger partial charge in [0.05, 0.1) is 19.0 Å². The van der Waals surface area contributed by atoms with Crippen molar-refractivity contribution >= 4 is 5.91 Å². The normalized spacial score (nSPS) is 17.8. The Morgan fingerprint density at radius 2 is 2.40 bits per heavy atom. The van der Waals surface area contributed by atoms with Crippen LogP contribution in [0.3, 0.4) is 0 Å². The number of nitrogens with zero attached hydrogens (tertiary/aromatic N) is 4. The van der Waals surface area contributed by atoms with Gasteiger partial charge in [-0.2, -0.15) is 0 Å². The van der Waals surface area contributed by atoms with Crippen LogP contribution >= 0.6 is 0 Å². The molecule has 1 aliphatic rings. The zero-order valence-electron chi connectivity index (χ0n) is 15.0. The fourth-order valence-corrected chi connectivity index (χ4v) is 3.24. The fraction of sp³-hybridized carbons (Fsp3) is 0.611.